The molecule has 6 nitrogen and oxygen atoms in total. The van der Waals surface area contributed by atoms with Crippen LogP contribution >= 0.6 is 23.1 Å². The van der Waals surface area contributed by atoms with Crippen molar-refractivity contribution in [3.8, 4) is 0 Å². The number of amides is 1. The predicted octanol–water partition coefficient (Wildman–Crippen LogP) is 2.20. The number of nitrogens with two attached hydrogens (primary N) is 1. The number of carbonyl (C=O) groups is 1. The molecule has 0 aromatic carbocycles. The molecule has 0 unspecified atom stereocenters. The maximum Gasteiger partial charge on any atom is 0.221 e. The monoisotopic (exact) mass is 423 g/mol. The second-order valence-corrected chi connectivity index (χ2v) is 10.4. The van der Waals surface area contributed by atoms with Crippen molar-refractivity contribution < 1.29 is 15.0 Å². The molecule has 28 heavy (non-hydrogen) atoms. The number of hydrogen-bond donors (Lipinski definition) is 3. The van der Waals surface area contributed by atoms with E-state index in [1.54, 1.807) is 23.1 Å². The number of carbonyl (C=O) groups excluding carboxylic acids is 1. The third-order valence-electron chi connectivity index (χ3n) is 6.30. The number of amidine groups is 1. The SMILES string of the molecule is NC(=O)[C@H]1C[C@@H](O)[C@H](O)[C@@H]2[C@@H]1SC(=NCC1CCCCC1)N2Cc1cccs1. The molecule has 4 N–H and O–H groups in total. The van der Waals surface area contributed by atoms with E-state index in [0.29, 0.717) is 12.5 Å². The van der Waals surface area contributed by atoms with E-state index >= 15 is 0 Å². The second-order valence-electron chi connectivity index (χ2n) is 8.21. The van der Waals surface area contributed by atoms with Crippen LogP contribution in [0.2, 0.25) is 0 Å². The van der Waals surface area contributed by atoms with Crippen LogP contribution in [-0.4, -0.2) is 56.2 Å². The summed E-state index contributed by atoms with van der Waals surface area (Å²) < 4.78 is 0. The van der Waals surface area contributed by atoms with E-state index in [-0.39, 0.29) is 17.7 Å². The van der Waals surface area contributed by atoms with Crippen LogP contribution < -0.4 is 5.73 Å². The molecule has 5 atom stereocenters. The summed E-state index contributed by atoms with van der Waals surface area (Å²) in [6.45, 7) is 1.42. The summed E-state index contributed by atoms with van der Waals surface area (Å²) >= 11 is 3.23. The first-order valence-corrected chi connectivity index (χ1v) is 12.0. The van der Waals surface area contributed by atoms with E-state index in [0.717, 1.165) is 11.7 Å². The molecule has 0 bridgehead atoms. The second kappa shape index (κ2) is 8.73. The molecule has 8 heteroatoms. The largest absolute Gasteiger partial charge is 0.390 e. The predicted molar refractivity (Wildman–Crippen MR) is 113 cm³/mol. The van der Waals surface area contributed by atoms with Crippen LogP contribution in [0.5, 0.6) is 0 Å². The molecule has 1 aromatic heterocycles. The third-order valence-corrected chi connectivity index (χ3v) is 8.62. The molecule has 0 spiro atoms. The van der Waals surface area contributed by atoms with E-state index in [9.17, 15) is 15.0 Å². The van der Waals surface area contributed by atoms with Gasteiger partial charge in [0, 0.05) is 16.7 Å². The molecule has 1 aromatic rings. The zero-order valence-electron chi connectivity index (χ0n) is 15.9. The number of nitrogens with zero attached hydrogens (tertiary/aromatic N) is 2. The highest BCUT2D eigenvalue weighted by molar-refractivity contribution is 8.14. The molecule has 2 heterocycles. The summed E-state index contributed by atoms with van der Waals surface area (Å²) in [5.74, 6) is -0.241. The maximum atomic E-state index is 12.0. The maximum absolute atomic E-state index is 12.0. The number of primary amides is 1. The van der Waals surface area contributed by atoms with Crippen LogP contribution in [0.15, 0.2) is 22.5 Å². The number of thiophene rings is 1. The minimum atomic E-state index is -0.942. The smallest absolute Gasteiger partial charge is 0.221 e. The van der Waals surface area contributed by atoms with Gasteiger partial charge in [0.25, 0.3) is 0 Å². The van der Waals surface area contributed by atoms with Crippen molar-refractivity contribution in [3.05, 3.63) is 22.4 Å². The molecule has 2 saturated carbocycles. The Bertz CT molecular complexity index is 706. The fraction of sp³-hybridized carbons (Fsp3) is 0.700. The van der Waals surface area contributed by atoms with Crippen molar-refractivity contribution in [2.45, 2.75) is 68.6 Å². The Morgan fingerprint density at radius 1 is 1.29 bits per heavy atom. The highest BCUT2D eigenvalue weighted by Crippen LogP contribution is 2.45. The molecular formula is C20H29N3O3S2. The van der Waals surface area contributed by atoms with Gasteiger partial charge in [-0.3, -0.25) is 9.79 Å². The van der Waals surface area contributed by atoms with Crippen LogP contribution in [0.1, 0.15) is 43.4 Å². The van der Waals surface area contributed by atoms with Gasteiger partial charge in [0.15, 0.2) is 5.17 Å². The van der Waals surface area contributed by atoms with Crippen molar-refractivity contribution in [2.75, 3.05) is 6.54 Å². The van der Waals surface area contributed by atoms with Gasteiger partial charge < -0.3 is 20.8 Å². The molecule has 1 amide bonds. The van der Waals surface area contributed by atoms with Crippen molar-refractivity contribution in [1.82, 2.24) is 4.90 Å². The number of aliphatic imine (C=N–C) groups is 1. The number of aliphatic hydroxyl groups excluding tert-OH is 2. The Morgan fingerprint density at radius 2 is 2.07 bits per heavy atom. The summed E-state index contributed by atoms with van der Waals surface area (Å²) in [5.41, 5.74) is 5.65. The lowest BCUT2D eigenvalue weighted by atomic mass is 9.80. The van der Waals surface area contributed by atoms with Gasteiger partial charge in [-0.05, 0) is 36.6 Å². The van der Waals surface area contributed by atoms with Crippen molar-refractivity contribution in [1.29, 1.82) is 0 Å². The van der Waals surface area contributed by atoms with E-state index in [2.05, 4.69) is 11.0 Å². The van der Waals surface area contributed by atoms with Crippen molar-refractivity contribution >= 4 is 34.2 Å². The number of hydrogen-bond acceptors (Lipinski definition) is 6. The molecular weight excluding hydrogens is 394 g/mol. The molecule has 3 aliphatic rings. The summed E-state index contributed by atoms with van der Waals surface area (Å²) in [5, 5.41) is 23.9. The van der Waals surface area contributed by atoms with Gasteiger partial charge in [-0.2, -0.15) is 0 Å². The van der Waals surface area contributed by atoms with Crippen LogP contribution in [-0.2, 0) is 11.3 Å². The average molecular weight is 424 g/mol. The van der Waals surface area contributed by atoms with Gasteiger partial charge >= 0.3 is 0 Å². The quantitative estimate of drug-likeness (QED) is 0.674. The topological polar surface area (TPSA) is 99.2 Å². The number of aliphatic hydroxyl groups is 2. The molecule has 3 fully saturated rings. The minimum Gasteiger partial charge on any atom is -0.390 e. The van der Waals surface area contributed by atoms with Crippen LogP contribution in [0, 0.1) is 11.8 Å². The Labute approximate surface area is 174 Å². The third kappa shape index (κ3) is 4.10. The zero-order chi connectivity index (χ0) is 19.7. The van der Waals surface area contributed by atoms with Gasteiger partial charge in [0.1, 0.15) is 6.10 Å². The van der Waals surface area contributed by atoms with Crippen molar-refractivity contribution in [2.24, 2.45) is 22.6 Å². The van der Waals surface area contributed by atoms with E-state index in [4.69, 9.17) is 10.7 Å². The summed E-state index contributed by atoms with van der Waals surface area (Å²) in [7, 11) is 0. The van der Waals surface area contributed by atoms with Gasteiger partial charge in [-0.25, -0.2) is 0 Å². The lowest BCUT2D eigenvalue weighted by Gasteiger charge is -2.41. The molecule has 2 aliphatic carbocycles. The Morgan fingerprint density at radius 3 is 2.75 bits per heavy atom. The van der Waals surface area contributed by atoms with Gasteiger partial charge in [0.2, 0.25) is 5.91 Å². The average Bonchev–Trinajstić information content (AvgIpc) is 3.32. The standard InChI is InChI=1S/C20H29N3O3S2/c21-19(26)14-9-15(24)17(25)16-18(14)28-20(22-10-12-5-2-1-3-6-12)23(16)11-13-7-4-8-27-13/h4,7-8,12,14-18,24-25H,1-3,5-6,9-11H2,(H2,21,26)/t14-,15+,16+,17-,18+/m0/s1. The molecule has 154 valence electrons. The first-order chi connectivity index (χ1) is 13.5. The molecule has 0 radical (unpaired) electrons. The summed E-state index contributed by atoms with van der Waals surface area (Å²) in [4.78, 5) is 20.3. The number of fused-ring (bicyclic) bond motifs is 1. The van der Waals surface area contributed by atoms with Gasteiger partial charge in [0.05, 0.1) is 24.6 Å². The first kappa shape index (κ1) is 20.2. The Hall–Kier alpha value is -1.09. The molecule has 1 saturated heterocycles. The number of thioether (sulfide) groups is 1. The Balaban J connectivity index is 1.60. The number of rotatable bonds is 5. The van der Waals surface area contributed by atoms with Gasteiger partial charge in [-0.1, -0.05) is 37.1 Å². The Kier molecular flexibility index (Phi) is 6.30. The first-order valence-electron chi connectivity index (χ1n) is 10.2. The van der Waals surface area contributed by atoms with Crippen LogP contribution in [0.4, 0.5) is 0 Å². The van der Waals surface area contributed by atoms with Crippen LogP contribution in [0.3, 0.4) is 0 Å². The van der Waals surface area contributed by atoms with Crippen LogP contribution in [0.25, 0.3) is 0 Å². The lowest BCUT2D eigenvalue weighted by molar-refractivity contribution is -0.128. The summed E-state index contributed by atoms with van der Waals surface area (Å²) in [6.07, 6.45) is 4.70. The van der Waals surface area contributed by atoms with Gasteiger partial charge in [-0.15, -0.1) is 11.3 Å². The fourth-order valence-corrected chi connectivity index (χ4v) is 7.02. The molecule has 1 aliphatic heterocycles. The highest BCUT2D eigenvalue weighted by Gasteiger charge is 2.54. The fourth-order valence-electron chi connectivity index (χ4n) is 4.75. The molecule has 4 rings (SSSR count). The van der Waals surface area contributed by atoms with E-state index in [1.165, 1.54) is 37.0 Å². The zero-order valence-corrected chi connectivity index (χ0v) is 17.6. The summed E-state index contributed by atoms with van der Waals surface area (Å²) in [6, 6.07) is 3.73. The minimum absolute atomic E-state index is 0.166. The van der Waals surface area contributed by atoms with E-state index < -0.39 is 24.0 Å². The van der Waals surface area contributed by atoms with Crippen molar-refractivity contribution in [3.63, 3.8) is 0 Å². The highest BCUT2D eigenvalue weighted by atomic mass is 32.2. The van der Waals surface area contributed by atoms with E-state index in [1.807, 2.05) is 11.4 Å². The lowest BCUT2D eigenvalue weighted by Crippen LogP contribution is -2.58. The normalized spacial score (nSPS) is 35.3.